The fourth-order valence-corrected chi connectivity index (χ4v) is 4.03. The summed E-state index contributed by atoms with van der Waals surface area (Å²) in [4.78, 5) is 22.6. The highest BCUT2D eigenvalue weighted by Crippen LogP contribution is 2.29. The smallest absolute Gasteiger partial charge is 0.261 e. The molecule has 2 aromatic heterocycles. The lowest BCUT2D eigenvalue weighted by atomic mass is 10.1. The summed E-state index contributed by atoms with van der Waals surface area (Å²) in [6.07, 6.45) is 1.05. The van der Waals surface area contributed by atoms with Crippen molar-refractivity contribution >= 4 is 28.9 Å². The molecule has 0 fully saturated rings. The van der Waals surface area contributed by atoms with Crippen LogP contribution >= 0.6 is 11.3 Å². The number of carbonyl (C=O) groups is 1. The Bertz CT molecular complexity index is 1290. The molecule has 0 saturated carbocycles. The van der Waals surface area contributed by atoms with Gasteiger partial charge in [-0.1, -0.05) is 24.3 Å². The molecule has 4 rings (SSSR count). The average Bonchev–Trinajstić information content (AvgIpc) is 3.31. The molecule has 33 heavy (non-hydrogen) atoms. The molecule has 2 aromatic carbocycles. The van der Waals surface area contributed by atoms with E-state index in [0.717, 1.165) is 16.1 Å². The van der Waals surface area contributed by atoms with Crippen molar-refractivity contribution < 1.29 is 20.1 Å². The topological polar surface area (TPSA) is 128 Å². The Morgan fingerprint density at radius 1 is 1.09 bits per heavy atom. The summed E-state index contributed by atoms with van der Waals surface area (Å²) in [5.74, 6) is -0.374. The van der Waals surface area contributed by atoms with E-state index in [4.69, 9.17) is 0 Å². The molecule has 4 aromatic rings. The van der Waals surface area contributed by atoms with Gasteiger partial charge in [0.25, 0.3) is 5.91 Å². The fraction of sp³-hybridized carbons (Fsp3) is 0.125. The van der Waals surface area contributed by atoms with Crippen molar-refractivity contribution in [1.29, 1.82) is 0 Å². The van der Waals surface area contributed by atoms with Gasteiger partial charge in [-0.2, -0.15) is 0 Å². The van der Waals surface area contributed by atoms with E-state index in [2.05, 4.69) is 20.6 Å². The molecule has 0 radical (unpaired) electrons. The molecule has 0 aliphatic rings. The van der Waals surface area contributed by atoms with Crippen molar-refractivity contribution in [3.05, 3.63) is 82.9 Å². The third-order valence-corrected chi connectivity index (χ3v) is 6.01. The van der Waals surface area contributed by atoms with Gasteiger partial charge in [0.15, 0.2) is 11.5 Å². The van der Waals surface area contributed by atoms with Crippen LogP contribution in [0.4, 0.5) is 11.6 Å². The number of phenolic OH excluding ortho intramolecular Hbond substituents is 2. The number of benzene rings is 2. The van der Waals surface area contributed by atoms with Crippen LogP contribution in [0.3, 0.4) is 0 Å². The zero-order valence-corrected chi connectivity index (χ0v) is 18.5. The number of aliphatic hydroxyl groups excluding tert-OH is 1. The molecule has 0 aliphatic carbocycles. The molecule has 0 spiro atoms. The summed E-state index contributed by atoms with van der Waals surface area (Å²) < 4.78 is 0. The second-order valence-electron chi connectivity index (χ2n) is 7.32. The molecule has 0 bridgehead atoms. The van der Waals surface area contributed by atoms with E-state index >= 15 is 0 Å². The number of aromatic nitrogens is 2. The Morgan fingerprint density at radius 2 is 1.91 bits per heavy atom. The molecule has 8 nitrogen and oxygen atoms in total. The van der Waals surface area contributed by atoms with Gasteiger partial charge in [-0.25, -0.2) is 9.97 Å². The number of para-hydroxylation sites is 1. The van der Waals surface area contributed by atoms with E-state index in [9.17, 15) is 20.1 Å². The monoisotopic (exact) mass is 462 g/mol. The number of carbonyl (C=O) groups excluding carboxylic acids is 1. The SMILES string of the molecule is CC(O)c1cccc(Nc2nccc(-c3ccc(C(=O)NCc4cccc(O)c4O)s3)n2)c1. The Morgan fingerprint density at radius 3 is 2.73 bits per heavy atom. The summed E-state index contributed by atoms with van der Waals surface area (Å²) in [6.45, 7) is 1.78. The van der Waals surface area contributed by atoms with Gasteiger partial charge in [0.1, 0.15) is 0 Å². The van der Waals surface area contributed by atoms with Gasteiger partial charge in [0.05, 0.1) is 21.6 Å². The van der Waals surface area contributed by atoms with Crippen molar-refractivity contribution in [2.75, 3.05) is 5.32 Å². The number of phenols is 2. The van der Waals surface area contributed by atoms with Crippen molar-refractivity contribution in [1.82, 2.24) is 15.3 Å². The maximum absolute atomic E-state index is 12.5. The Balaban J connectivity index is 1.45. The van der Waals surface area contributed by atoms with Crippen LogP contribution in [-0.4, -0.2) is 31.2 Å². The van der Waals surface area contributed by atoms with Crippen LogP contribution in [0.25, 0.3) is 10.6 Å². The lowest BCUT2D eigenvalue weighted by molar-refractivity contribution is 0.0954. The van der Waals surface area contributed by atoms with Crippen LogP contribution in [0.15, 0.2) is 66.9 Å². The molecule has 168 valence electrons. The highest BCUT2D eigenvalue weighted by molar-refractivity contribution is 7.17. The van der Waals surface area contributed by atoms with Crippen LogP contribution in [0.5, 0.6) is 11.5 Å². The van der Waals surface area contributed by atoms with Crippen LogP contribution in [0.2, 0.25) is 0 Å². The van der Waals surface area contributed by atoms with Crippen molar-refractivity contribution in [3.63, 3.8) is 0 Å². The van der Waals surface area contributed by atoms with Gasteiger partial charge in [0.2, 0.25) is 5.95 Å². The minimum atomic E-state index is -0.578. The van der Waals surface area contributed by atoms with E-state index < -0.39 is 6.10 Å². The zero-order chi connectivity index (χ0) is 23.4. The summed E-state index contributed by atoms with van der Waals surface area (Å²) in [5.41, 5.74) is 2.62. The highest BCUT2D eigenvalue weighted by Gasteiger charge is 2.13. The number of thiophene rings is 1. The average molecular weight is 463 g/mol. The molecule has 0 aliphatic heterocycles. The number of aliphatic hydroxyl groups is 1. The van der Waals surface area contributed by atoms with Crippen LogP contribution in [0.1, 0.15) is 33.8 Å². The minimum Gasteiger partial charge on any atom is -0.504 e. The Labute approximate surface area is 194 Å². The predicted octanol–water partition coefficient (Wildman–Crippen LogP) is 4.34. The normalized spacial score (nSPS) is 11.7. The second-order valence-corrected chi connectivity index (χ2v) is 8.41. The summed E-state index contributed by atoms with van der Waals surface area (Å²) in [6, 6.07) is 17.3. The number of nitrogens with zero attached hydrogens (tertiary/aromatic N) is 2. The van der Waals surface area contributed by atoms with E-state index in [1.54, 1.807) is 37.4 Å². The van der Waals surface area contributed by atoms with E-state index in [-0.39, 0.29) is 24.0 Å². The standard InChI is InChI=1S/C24H22N4O4S/c1-14(29)15-4-2-6-17(12-15)27-24-25-11-10-18(28-24)20-8-9-21(33-20)23(32)26-13-16-5-3-7-19(30)22(16)31/h2-12,14,29-31H,13H2,1H3,(H,26,32)(H,25,27,28). The van der Waals surface area contributed by atoms with E-state index in [0.29, 0.717) is 22.1 Å². The van der Waals surface area contributed by atoms with Crippen molar-refractivity contribution in [2.45, 2.75) is 19.6 Å². The third-order valence-electron chi connectivity index (χ3n) is 4.90. The molecular formula is C24H22N4O4S. The first kappa shape index (κ1) is 22.3. The first-order valence-electron chi connectivity index (χ1n) is 10.2. The molecule has 5 N–H and O–H groups in total. The van der Waals surface area contributed by atoms with Crippen molar-refractivity contribution in [2.24, 2.45) is 0 Å². The number of amides is 1. The lowest BCUT2D eigenvalue weighted by Crippen LogP contribution is -2.21. The Kier molecular flexibility index (Phi) is 6.53. The van der Waals surface area contributed by atoms with Gasteiger partial charge in [0, 0.05) is 24.0 Å². The maximum atomic E-state index is 12.5. The summed E-state index contributed by atoms with van der Waals surface area (Å²) in [5, 5.41) is 35.1. The highest BCUT2D eigenvalue weighted by atomic mass is 32.1. The van der Waals surface area contributed by atoms with Gasteiger partial charge in [-0.05, 0) is 48.9 Å². The van der Waals surface area contributed by atoms with Gasteiger partial charge < -0.3 is 26.0 Å². The van der Waals surface area contributed by atoms with Crippen molar-refractivity contribution in [3.8, 4) is 22.1 Å². The molecule has 2 heterocycles. The van der Waals surface area contributed by atoms with E-state index in [1.165, 1.54) is 17.4 Å². The fourth-order valence-electron chi connectivity index (χ4n) is 3.14. The van der Waals surface area contributed by atoms with Crippen LogP contribution in [-0.2, 0) is 6.54 Å². The largest absolute Gasteiger partial charge is 0.504 e. The van der Waals surface area contributed by atoms with Crippen LogP contribution < -0.4 is 10.6 Å². The molecule has 1 amide bonds. The molecule has 1 atom stereocenters. The zero-order valence-electron chi connectivity index (χ0n) is 17.7. The quantitative estimate of drug-likeness (QED) is 0.258. The third kappa shape index (κ3) is 5.28. The number of nitrogens with one attached hydrogen (secondary N) is 2. The predicted molar refractivity (Wildman–Crippen MR) is 127 cm³/mol. The van der Waals surface area contributed by atoms with Crippen LogP contribution in [0, 0.1) is 0 Å². The summed E-state index contributed by atoms with van der Waals surface area (Å²) in [7, 11) is 0. The second kappa shape index (κ2) is 9.68. The number of anilines is 2. The number of hydrogen-bond acceptors (Lipinski definition) is 8. The molecule has 9 heteroatoms. The van der Waals surface area contributed by atoms with E-state index in [1.807, 2.05) is 30.3 Å². The summed E-state index contributed by atoms with van der Waals surface area (Å²) >= 11 is 1.28. The number of aromatic hydroxyl groups is 2. The molecular weight excluding hydrogens is 440 g/mol. The first-order valence-corrected chi connectivity index (χ1v) is 11.0. The molecule has 0 saturated heterocycles. The first-order chi connectivity index (χ1) is 15.9. The van der Waals surface area contributed by atoms with Gasteiger partial charge in [-0.15, -0.1) is 11.3 Å². The number of hydrogen-bond donors (Lipinski definition) is 5. The Hall–Kier alpha value is -3.95. The van der Waals surface area contributed by atoms with Gasteiger partial charge >= 0.3 is 0 Å². The maximum Gasteiger partial charge on any atom is 0.261 e. The minimum absolute atomic E-state index is 0.0827. The van der Waals surface area contributed by atoms with Gasteiger partial charge in [-0.3, -0.25) is 4.79 Å². The lowest BCUT2D eigenvalue weighted by Gasteiger charge is -2.09. The number of rotatable bonds is 7. The molecule has 1 unspecified atom stereocenters.